The number of carbonyl (C=O) groups excluding carboxylic acids is 2. The zero-order valence-corrected chi connectivity index (χ0v) is 12.2. The zero-order valence-electron chi connectivity index (χ0n) is 12.2. The Morgan fingerprint density at radius 3 is 2.68 bits per heavy atom. The summed E-state index contributed by atoms with van der Waals surface area (Å²) in [6, 6.07) is 8.61. The average Bonchev–Trinajstić information content (AvgIpc) is 2.88. The molecule has 1 fully saturated rings. The molecule has 22 heavy (non-hydrogen) atoms. The average molecular weight is 305 g/mol. The lowest BCUT2D eigenvalue weighted by Crippen LogP contribution is -2.39. The van der Waals surface area contributed by atoms with Gasteiger partial charge in [0.2, 0.25) is 5.91 Å². The summed E-state index contributed by atoms with van der Waals surface area (Å²) in [5.74, 6) is -1.50. The number of hydrogen-bond donors (Lipinski definition) is 1. The van der Waals surface area contributed by atoms with Crippen molar-refractivity contribution in [3.05, 3.63) is 35.9 Å². The Hall–Kier alpha value is -2.37. The second-order valence-corrected chi connectivity index (χ2v) is 5.23. The third-order valence-electron chi connectivity index (χ3n) is 3.64. The van der Waals surface area contributed by atoms with Gasteiger partial charge in [-0.05, 0) is 18.4 Å². The first-order valence-electron chi connectivity index (χ1n) is 7.30. The van der Waals surface area contributed by atoms with E-state index in [0.717, 1.165) is 5.56 Å². The highest BCUT2D eigenvalue weighted by atomic mass is 16.5. The van der Waals surface area contributed by atoms with Gasteiger partial charge in [-0.25, -0.2) is 4.79 Å². The lowest BCUT2D eigenvalue weighted by molar-refractivity contribution is -0.147. The van der Waals surface area contributed by atoms with Crippen molar-refractivity contribution < 1.29 is 24.2 Å². The summed E-state index contributed by atoms with van der Waals surface area (Å²) in [5.41, 5.74) is 0.913. The van der Waals surface area contributed by atoms with Crippen LogP contribution < -0.4 is 0 Å². The van der Waals surface area contributed by atoms with Gasteiger partial charge in [0.05, 0.1) is 0 Å². The molecule has 1 aromatic carbocycles. The molecule has 0 unspecified atom stereocenters. The number of carbonyl (C=O) groups is 3. The minimum Gasteiger partial charge on any atom is -0.480 e. The van der Waals surface area contributed by atoms with Crippen molar-refractivity contribution in [2.24, 2.45) is 0 Å². The summed E-state index contributed by atoms with van der Waals surface area (Å²) in [4.78, 5) is 35.6. The third-order valence-corrected chi connectivity index (χ3v) is 3.64. The van der Waals surface area contributed by atoms with Crippen molar-refractivity contribution >= 4 is 17.8 Å². The lowest BCUT2D eigenvalue weighted by atomic mass is 10.2. The highest BCUT2D eigenvalue weighted by Crippen LogP contribution is 2.19. The van der Waals surface area contributed by atoms with E-state index in [1.54, 1.807) is 0 Å². The number of amides is 1. The van der Waals surface area contributed by atoms with Gasteiger partial charge in [-0.3, -0.25) is 9.59 Å². The first-order valence-corrected chi connectivity index (χ1v) is 7.30. The number of esters is 1. The highest BCUT2D eigenvalue weighted by Gasteiger charge is 2.35. The minimum absolute atomic E-state index is 0.162. The number of carboxylic acids is 1. The van der Waals surface area contributed by atoms with Crippen LogP contribution in [-0.2, 0) is 25.7 Å². The predicted molar refractivity (Wildman–Crippen MR) is 77.8 cm³/mol. The number of hydrogen-bond acceptors (Lipinski definition) is 4. The first kappa shape index (κ1) is 16.0. The number of rotatable bonds is 7. The Labute approximate surface area is 128 Å². The molecule has 0 spiro atoms. The Bertz CT molecular complexity index is 543. The Balaban J connectivity index is 1.70. The Morgan fingerprint density at radius 2 is 2.00 bits per heavy atom. The molecule has 1 aliphatic rings. The van der Waals surface area contributed by atoms with Gasteiger partial charge in [0.1, 0.15) is 12.6 Å². The summed E-state index contributed by atoms with van der Waals surface area (Å²) < 4.78 is 5.14. The normalized spacial score (nSPS) is 17.5. The molecule has 0 radical (unpaired) electrons. The fourth-order valence-corrected chi connectivity index (χ4v) is 2.47. The van der Waals surface area contributed by atoms with Crippen molar-refractivity contribution in [1.29, 1.82) is 0 Å². The van der Waals surface area contributed by atoms with E-state index in [1.165, 1.54) is 4.90 Å². The van der Waals surface area contributed by atoms with Gasteiger partial charge in [-0.2, -0.15) is 0 Å². The van der Waals surface area contributed by atoms with E-state index >= 15 is 0 Å². The number of likely N-dealkylation sites (tertiary alicyclic amines) is 1. The summed E-state index contributed by atoms with van der Waals surface area (Å²) in [7, 11) is 0. The molecule has 1 amide bonds. The maximum absolute atomic E-state index is 11.6. The predicted octanol–water partition coefficient (Wildman–Crippen LogP) is 1.59. The summed E-state index contributed by atoms with van der Waals surface area (Å²) in [6.45, 7) is 0.496. The molecule has 0 saturated carbocycles. The number of nitrogens with zero attached hydrogens (tertiary/aromatic N) is 1. The van der Waals surface area contributed by atoms with Crippen LogP contribution in [0.2, 0.25) is 0 Å². The molecule has 1 saturated heterocycles. The minimum atomic E-state index is -0.988. The molecule has 1 aromatic rings. The van der Waals surface area contributed by atoms with Gasteiger partial charge in [-0.15, -0.1) is 0 Å². The molecular formula is C16H19NO5. The fraction of sp³-hybridized carbons (Fsp3) is 0.438. The van der Waals surface area contributed by atoms with Crippen molar-refractivity contribution in [3.8, 4) is 0 Å². The van der Waals surface area contributed by atoms with E-state index in [-0.39, 0.29) is 37.9 Å². The molecule has 1 N–H and O–H groups in total. The van der Waals surface area contributed by atoms with E-state index in [1.807, 2.05) is 30.3 Å². The van der Waals surface area contributed by atoms with Gasteiger partial charge in [0.15, 0.2) is 0 Å². The van der Waals surface area contributed by atoms with Crippen LogP contribution in [0, 0.1) is 0 Å². The second-order valence-electron chi connectivity index (χ2n) is 5.23. The monoisotopic (exact) mass is 305 g/mol. The standard InChI is InChI=1S/C16H19NO5/c18-14-9-8-13(16(20)21)17(14)10-4-7-15(19)22-11-12-5-2-1-3-6-12/h1-3,5-6,13H,4,7-11H2,(H,20,21)/t13-/m0/s1. The molecule has 2 rings (SSSR count). The number of aliphatic carboxylic acids is 1. The molecule has 0 aromatic heterocycles. The second kappa shape index (κ2) is 7.59. The fourth-order valence-electron chi connectivity index (χ4n) is 2.47. The quantitative estimate of drug-likeness (QED) is 0.773. The van der Waals surface area contributed by atoms with Crippen LogP contribution >= 0.6 is 0 Å². The van der Waals surface area contributed by atoms with E-state index in [4.69, 9.17) is 9.84 Å². The molecule has 0 aliphatic carbocycles. The van der Waals surface area contributed by atoms with Crippen LogP contribution in [0.5, 0.6) is 0 Å². The van der Waals surface area contributed by atoms with Crippen molar-refractivity contribution in [1.82, 2.24) is 4.90 Å². The van der Waals surface area contributed by atoms with Crippen LogP contribution in [-0.4, -0.2) is 40.4 Å². The SMILES string of the molecule is O=C(CCCN1C(=O)CC[C@H]1C(=O)O)OCc1ccccc1. The molecule has 1 aliphatic heterocycles. The molecule has 1 atom stereocenters. The summed E-state index contributed by atoms with van der Waals surface area (Å²) in [6.07, 6.45) is 1.17. The number of ether oxygens (including phenoxy) is 1. The van der Waals surface area contributed by atoms with Crippen LogP contribution in [0.1, 0.15) is 31.2 Å². The lowest BCUT2D eigenvalue weighted by Gasteiger charge is -2.21. The van der Waals surface area contributed by atoms with Crippen molar-refractivity contribution in [2.45, 2.75) is 38.3 Å². The van der Waals surface area contributed by atoms with Gasteiger partial charge < -0.3 is 14.7 Å². The molecule has 1 heterocycles. The van der Waals surface area contributed by atoms with E-state index in [9.17, 15) is 14.4 Å². The van der Waals surface area contributed by atoms with Crippen molar-refractivity contribution in [2.75, 3.05) is 6.54 Å². The maximum atomic E-state index is 11.6. The summed E-state index contributed by atoms with van der Waals surface area (Å²) in [5, 5.41) is 9.03. The zero-order chi connectivity index (χ0) is 15.9. The number of benzene rings is 1. The van der Waals surface area contributed by atoms with Gasteiger partial charge in [-0.1, -0.05) is 30.3 Å². The van der Waals surface area contributed by atoms with Crippen LogP contribution in [0.4, 0.5) is 0 Å². The third kappa shape index (κ3) is 4.31. The van der Waals surface area contributed by atoms with Gasteiger partial charge in [0, 0.05) is 19.4 Å². The van der Waals surface area contributed by atoms with Crippen molar-refractivity contribution in [3.63, 3.8) is 0 Å². The highest BCUT2D eigenvalue weighted by molar-refractivity contribution is 5.87. The van der Waals surface area contributed by atoms with Gasteiger partial charge >= 0.3 is 11.9 Å². The molecule has 6 nitrogen and oxygen atoms in total. The van der Waals surface area contributed by atoms with Crippen LogP contribution in [0.15, 0.2) is 30.3 Å². The molecular weight excluding hydrogens is 286 g/mol. The van der Waals surface area contributed by atoms with E-state index < -0.39 is 12.0 Å². The number of carboxylic acid groups (broad SMARTS) is 1. The van der Waals surface area contributed by atoms with E-state index in [0.29, 0.717) is 12.8 Å². The van der Waals surface area contributed by atoms with Crippen LogP contribution in [0.3, 0.4) is 0 Å². The summed E-state index contributed by atoms with van der Waals surface area (Å²) >= 11 is 0. The Kier molecular flexibility index (Phi) is 5.52. The molecule has 6 heteroatoms. The van der Waals surface area contributed by atoms with Gasteiger partial charge in [0.25, 0.3) is 0 Å². The smallest absolute Gasteiger partial charge is 0.326 e. The largest absolute Gasteiger partial charge is 0.480 e. The van der Waals surface area contributed by atoms with Crippen LogP contribution in [0.25, 0.3) is 0 Å². The first-order chi connectivity index (χ1) is 10.6. The Morgan fingerprint density at radius 1 is 1.27 bits per heavy atom. The molecule has 118 valence electrons. The molecule has 0 bridgehead atoms. The maximum Gasteiger partial charge on any atom is 0.326 e. The topological polar surface area (TPSA) is 83.9 Å². The van der Waals surface area contributed by atoms with E-state index in [2.05, 4.69) is 0 Å².